The van der Waals surface area contributed by atoms with Gasteiger partial charge in [0.25, 0.3) is 0 Å². The van der Waals surface area contributed by atoms with Crippen molar-refractivity contribution in [2.75, 3.05) is 25.7 Å². The Kier molecular flexibility index (Phi) is 3.63. The lowest BCUT2D eigenvalue weighted by Crippen LogP contribution is -2.34. The van der Waals surface area contributed by atoms with Crippen molar-refractivity contribution in [3.8, 4) is 11.5 Å². The third-order valence-electron chi connectivity index (χ3n) is 2.99. The van der Waals surface area contributed by atoms with Crippen LogP contribution in [0.3, 0.4) is 0 Å². The second-order valence-corrected chi connectivity index (χ2v) is 4.45. The first-order chi connectivity index (χ1) is 8.58. The summed E-state index contributed by atoms with van der Waals surface area (Å²) in [6.45, 7) is 0.571. The molecule has 1 fully saturated rings. The Morgan fingerprint density at radius 1 is 1.33 bits per heavy atom. The second kappa shape index (κ2) is 5.04. The summed E-state index contributed by atoms with van der Waals surface area (Å²) < 4.78 is 10.4. The summed E-state index contributed by atoms with van der Waals surface area (Å²) >= 11 is 6.02. The van der Waals surface area contributed by atoms with Crippen LogP contribution in [0, 0.1) is 0 Å². The van der Waals surface area contributed by atoms with Crippen molar-refractivity contribution >= 4 is 23.2 Å². The predicted molar refractivity (Wildman–Crippen MR) is 69.5 cm³/mol. The van der Waals surface area contributed by atoms with Crippen LogP contribution in [0.1, 0.15) is 6.42 Å². The first-order valence-electron chi connectivity index (χ1n) is 5.57. The van der Waals surface area contributed by atoms with E-state index in [1.54, 1.807) is 17.0 Å². The van der Waals surface area contributed by atoms with Crippen LogP contribution >= 0.6 is 11.6 Å². The fourth-order valence-electron chi connectivity index (χ4n) is 2.00. The molecule has 1 aromatic rings. The van der Waals surface area contributed by atoms with Gasteiger partial charge in [-0.15, -0.1) is 0 Å². The van der Waals surface area contributed by atoms with Crippen LogP contribution in [0.15, 0.2) is 12.1 Å². The molecule has 1 saturated heterocycles. The summed E-state index contributed by atoms with van der Waals surface area (Å²) in [5.74, 6) is 0.918. The molecule has 6 heteroatoms. The normalized spacial score (nSPS) is 19.2. The molecule has 0 aromatic heterocycles. The highest BCUT2D eigenvalue weighted by Crippen LogP contribution is 2.39. The molecule has 0 spiro atoms. The fourth-order valence-corrected chi connectivity index (χ4v) is 2.23. The van der Waals surface area contributed by atoms with Gasteiger partial charge in [0.2, 0.25) is 5.91 Å². The molecule has 0 radical (unpaired) electrons. The van der Waals surface area contributed by atoms with Gasteiger partial charge in [-0.25, -0.2) is 0 Å². The number of carbonyl (C=O) groups excluding carboxylic acids is 1. The van der Waals surface area contributed by atoms with Crippen molar-refractivity contribution in [3.05, 3.63) is 17.2 Å². The summed E-state index contributed by atoms with van der Waals surface area (Å²) in [7, 11) is 3.05. The maximum absolute atomic E-state index is 11.9. The number of benzene rings is 1. The number of amides is 1. The number of hydrogen-bond acceptors (Lipinski definition) is 4. The molecule has 2 rings (SSSR count). The molecule has 2 N–H and O–H groups in total. The second-order valence-electron chi connectivity index (χ2n) is 4.04. The van der Waals surface area contributed by atoms with Crippen LogP contribution in [0.2, 0.25) is 5.02 Å². The summed E-state index contributed by atoms with van der Waals surface area (Å²) in [5.41, 5.74) is 6.34. The quantitative estimate of drug-likeness (QED) is 0.902. The SMILES string of the molecule is COc1cc(N2CCC(N)C2=O)c(OC)cc1Cl. The van der Waals surface area contributed by atoms with Gasteiger partial charge in [-0.1, -0.05) is 11.6 Å². The molecule has 0 bridgehead atoms. The molecule has 1 unspecified atom stereocenters. The van der Waals surface area contributed by atoms with E-state index in [9.17, 15) is 4.79 Å². The molecular weight excluding hydrogens is 256 g/mol. The number of ether oxygens (including phenoxy) is 2. The molecule has 0 saturated carbocycles. The first kappa shape index (κ1) is 13.0. The molecule has 1 atom stereocenters. The van der Waals surface area contributed by atoms with Crippen molar-refractivity contribution in [1.82, 2.24) is 0 Å². The van der Waals surface area contributed by atoms with Gasteiger partial charge >= 0.3 is 0 Å². The van der Waals surface area contributed by atoms with Crippen molar-refractivity contribution in [3.63, 3.8) is 0 Å². The smallest absolute Gasteiger partial charge is 0.244 e. The minimum atomic E-state index is -0.448. The van der Waals surface area contributed by atoms with Crippen LogP contribution < -0.4 is 20.1 Å². The van der Waals surface area contributed by atoms with Gasteiger partial charge in [0.15, 0.2) is 0 Å². The van der Waals surface area contributed by atoms with E-state index in [-0.39, 0.29) is 5.91 Å². The predicted octanol–water partition coefficient (Wildman–Crippen LogP) is 1.42. The molecule has 1 aliphatic rings. The first-order valence-corrected chi connectivity index (χ1v) is 5.94. The van der Waals surface area contributed by atoms with E-state index in [1.807, 2.05) is 0 Å². The monoisotopic (exact) mass is 270 g/mol. The van der Waals surface area contributed by atoms with Crippen LogP contribution in [-0.2, 0) is 4.79 Å². The highest BCUT2D eigenvalue weighted by molar-refractivity contribution is 6.32. The van der Waals surface area contributed by atoms with Crippen molar-refractivity contribution in [2.24, 2.45) is 5.73 Å². The molecule has 18 heavy (non-hydrogen) atoms. The third-order valence-corrected chi connectivity index (χ3v) is 3.29. The van der Waals surface area contributed by atoms with Gasteiger partial charge in [-0.05, 0) is 6.42 Å². The highest BCUT2D eigenvalue weighted by atomic mass is 35.5. The summed E-state index contributed by atoms with van der Waals surface area (Å²) in [4.78, 5) is 13.5. The molecule has 1 aliphatic heterocycles. The standard InChI is InChI=1S/C12H15ClN2O3/c1-17-10-6-9(11(18-2)5-7(10)13)15-4-3-8(14)12(15)16/h5-6,8H,3-4,14H2,1-2H3. The molecule has 5 nitrogen and oxygen atoms in total. The minimum absolute atomic E-state index is 0.113. The Hall–Kier alpha value is -1.46. The molecule has 1 amide bonds. The van der Waals surface area contributed by atoms with E-state index in [0.29, 0.717) is 35.2 Å². The van der Waals surface area contributed by atoms with E-state index in [1.165, 1.54) is 14.2 Å². The van der Waals surface area contributed by atoms with E-state index in [0.717, 1.165) is 0 Å². The lowest BCUT2D eigenvalue weighted by atomic mass is 10.2. The van der Waals surface area contributed by atoms with Gasteiger partial charge < -0.3 is 20.1 Å². The molecule has 0 aliphatic carbocycles. The maximum atomic E-state index is 11.9. The van der Waals surface area contributed by atoms with Crippen molar-refractivity contribution in [2.45, 2.75) is 12.5 Å². The summed E-state index contributed by atoms with van der Waals surface area (Å²) in [6, 6.07) is 2.88. The molecule has 1 heterocycles. The number of carbonyl (C=O) groups is 1. The van der Waals surface area contributed by atoms with E-state index in [2.05, 4.69) is 0 Å². The topological polar surface area (TPSA) is 64.8 Å². The summed E-state index contributed by atoms with van der Waals surface area (Å²) in [6.07, 6.45) is 0.632. The number of hydrogen-bond donors (Lipinski definition) is 1. The third kappa shape index (κ3) is 2.11. The average molecular weight is 271 g/mol. The number of rotatable bonds is 3. The number of nitrogens with zero attached hydrogens (tertiary/aromatic N) is 1. The van der Waals surface area contributed by atoms with Crippen molar-refractivity contribution in [1.29, 1.82) is 0 Å². The zero-order valence-electron chi connectivity index (χ0n) is 10.3. The average Bonchev–Trinajstić information content (AvgIpc) is 2.70. The van der Waals surface area contributed by atoms with Gasteiger partial charge in [0.05, 0.1) is 31.0 Å². The largest absolute Gasteiger partial charge is 0.495 e. The molecular formula is C12H15ClN2O3. The Bertz CT molecular complexity index is 479. The Morgan fingerprint density at radius 2 is 2.00 bits per heavy atom. The Balaban J connectivity index is 2.46. The van der Waals surface area contributed by atoms with Crippen LogP contribution in [0.4, 0.5) is 5.69 Å². The summed E-state index contributed by atoms with van der Waals surface area (Å²) in [5, 5.41) is 0.439. The Labute approximate surface area is 110 Å². The minimum Gasteiger partial charge on any atom is -0.495 e. The molecule has 98 valence electrons. The van der Waals surface area contributed by atoms with Crippen LogP contribution in [-0.4, -0.2) is 32.7 Å². The van der Waals surface area contributed by atoms with Gasteiger partial charge in [0.1, 0.15) is 11.5 Å². The zero-order chi connectivity index (χ0) is 13.3. The maximum Gasteiger partial charge on any atom is 0.244 e. The number of halogens is 1. The number of methoxy groups -OCH3 is 2. The van der Waals surface area contributed by atoms with E-state index in [4.69, 9.17) is 26.8 Å². The highest BCUT2D eigenvalue weighted by Gasteiger charge is 2.31. The lowest BCUT2D eigenvalue weighted by Gasteiger charge is -2.20. The number of nitrogens with two attached hydrogens (primary N) is 1. The lowest BCUT2D eigenvalue weighted by molar-refractivity contribution is -0.118. The van der Waals surface area contributed by atoms with Gasteiger partial charge in [0, 0.05) is 18.7 Å². The van der Waals surface area contributed by atoms with Crippen LogP contribution in [0.5, 0.6) is 11.5 Å². The fraction of sp³-hybridized carbons (Fsp3) is 0.417. The van der Waals surface area contributed by atoms with E-state index < -0.39 is 6.04 Å². The number of anilines is 1. The van der Waals surface area contributed by atoms with Gasteiger partial charge in [-0.3, -0.25) is 4.79 Å². The van der Waals surface area contributed by atoms with Crippen molar-refractivity contribution < 1.29 is 14.3 Å². The van der Waals surface area contributed by atoms with Gasteiger partial charge in [-0.2, -0.15) is 0 Å². The van der Waals surface area contributed by atoms with Crippen LogP contribution in [0.25, 0.3) is 0 Å². The van der Waals surface area contributed by atoms with E-state index >= 15 is 0 Å². The zero-order valence-corrected chi connectivity index (χ0v) is 11.0. The molecule has 1 aromatic carbocycles. The Morgan fingerprint density at radius 3 is 2.50 bits per heavy atom.